The van der Waals surface area contributed by atoms with E-state index in [2.05, 4.69) is 25.3 Å². The molecule has 0 atom stereocenters. The van der Waals surface area contributed by atoms with Crippen LogP contribution in [0.3, 0.4) is 0 Å². The molecule has 3 aromatic rings. The highest BCUT2D eigenvalue weighted by molar-refractivity contribution is 6.03. The summed E-state index contributed by atoms with van der Waals surface area (Å²) in [5.74, 6) is -0.761. The number of rotatable bonds is 6. The second kappa shape index (κ2) is 8.57. The summed E-state index contributed by atoms with van der Waals surface area (Å²) in [4.78, 5) is 31.9. The van der Waals surface area contributed by atoms with Crippen LogP contribution >= 0.6 is 0 Å². The molecular formula is C20H18N4O3. The van der Waals surface area contributed by atoms with E-state index in [0.29, 0.717) is 23.5 Å². The molecule has 2 N–H and O–H groups in total. The van der Waals surface area contributed by atoms with Crippen molar-refractivity contribution in [2.24, 2.45) is 0 Å². The lowest BCUT2D eigenvalue weighted by atomic mass is 10.2. The van der Waals surface area contributed by atoms with Crippen molar-refractivity contribution in [3.8, 4) is 0 Å². The van der Waals surface area contributed by atoms with Gasteiger partial charge in [-0.25, -0.2) is 9.78 Å². The third kappa shape index (κ3) is 4.88. The number of hydrogen-bond donors (Lipinski definition) is 2. The number of pyridine rings is 2. The Balaban J connectivity index is 1.58. The van der Waals surface area contributed by atoms with Gasteiger partial charge >= 0.3 is 5.97 Å². The van der Waals surface area contributed by atoms with Crippen LogP contribution in [0.2, 0.25) is 0 Å². The van der Waals surface area contributed by atoms with E-state index in [4.69, 9.17) is 0 Å². The largest absolute Gasteiger partial charge is 0.465 e. The number of amides is 1. The van der Waals surface area contributed by atoms with Crippen molar-refractivity contribution < 1.29 is 14.3 Å². The molecule has 136 valence electrons. The molecule has 0 spiro atoms. The van der Waals surface area contributed by atoms with Crippen LogP contribution in [0.25, 0.3) is 0 Å². The molecular weight excluding hydrogens is 344 g/mol. The van der Waals surface area contributed by atoms with E-state index in [1.54, 1.807) is 55.0 Å². The normalized spacial score (nSPS) is 10.1. The van der Waals surface area contributed by atoms with Gasteiger partial charge in [-0.1, -0.05) is 6.07 Å². The minimum atomic E-state index is -0.427. The molecule has 2 aromatic heterocycles. The molecule has 0 fully saturated rings. The van der Waals surface area contributed by atoms with Gasteiger partial charge in [-0.3, -0.25) is 9.78 Å². The highest BCUT2D eigenvalue weighted by Gasteiger charge is 2.09. The zero-order chi connectivity index (χ0) is 19.1. The molecule has 0 aliphatic carbocycles. The maximum Gasteiger partial charge on any atom is 0.337 e. The fourth-order valence-electron chi connectivity index (χ4n) is 2.34. The number of esters is 1. The van der Waals surface area contributed by atoms with Crippen LogP contribution in [0.1, 0.15) is 26.4 Å². The number of nitrogens with one attached hydrogen (secondary N) is 2. The van der Waals surface area contributed by atoms with Gasteiger partial charge in [-0.05, 0) is 48.0 Å². The summed E-state index contributed by atoms with van der Waals surface area (Å²) in [6.07, 6.45) is 5.11. The Kier molecular flexibility index (Phi) is 5.73. The van der Waals surface area contributed by atoms with Crippen LogP contribution in [0.5, 0.6) is 0 Å². The Bertz CT molecular complexity index is 910. The molecule has 0 aliphatic rings. The van der Waals surface area contributed by atoms with E-state index in [0.717, 1.165) is 11.3 Å². The van der Waals surface area contributed by atoms with Crippen LogP contribution in [-0.4, -0.2) is 29.0 Å². The number of ether oxygens (including phenoxy) is 1. The summed E-state index contributed by atoms with van der Waals surface area (Å²) in [7, 11) is 1.32. The van der Waals surface area contributed by atoms with E-state index >= 15 is 0 Å². The highest BCUT2D eigenvalue weighted by Crippen LogP contribution is 2.13. The van der Waals surface area contributed by atoms with Gasteiger partial charge in [0, 0.05) is 24.6 Å². The second-order valence-corrected chi connectivity index (χ2v) is 5.67. The summed E-state index contributed by atoms with van der Waals surface area (Å²) in [5.41, 5.74) is 3.12. The minimum absolute atomic E-state index is 0.291. The summed E-state index contributed by atoms with van der Waals surface area (Å²) in [6.45, 7) is 0.619. The van der Waals surface area contributed by atoms with Gasteiger partial charge in [-0.2, -0.15) is 0 Å². The van der Waals surface area contributed by atoms with E-state index in [1.807, 2.05) is 12.1 Å². The Labute approximate surface area is 156 Å². The molecule has 27 heavy (non-hydrogen) atoms. The zero-order valence-corrected chi connectivity index (χ0v) is 14.7. The molecule has 7 nitrogen and oxygen atoms in total. The third-order valence-electron chi connectivity index (χ3n) is 3.78. The molecule has 1 aromatic carbocycles. The van der Waals surface area contributed by atoms with E-state index in [9.17, 15) is 9.59 Å². The summed E-state index contributed by atoms with van der Waals surface area (Å²) >= 11 is 0. The number of benzene rings is 1. The van der Waals surface area contributed by atoms with Gasteiger partial charge < -0.3 is 15.4 Å². The molecule has 0 unspecified atom stereocenters. The van der Waals surface area contributed by atoms with Crippen LogP contribution < -0.4 is 10.6 Å². The maximum atomic E-state index is 12.3. The fraction of sp³-hybridized carbons (Fsp3) is 0.100. The Hall–Kier alpha value is -3.74. The number of nitrogens with zero attached hydrogens (tertiary/aromatic N) is 2. The highest BCUT2D eigenvalue weighted by atomic mass is 16.5. The van der Waals surface area contributed by atoms with Gasteiger partial charge in [0.2, 0.25) is 0 Å². The molecule has 1 amide bonds. The molecule has 0 saturated carbocycles. The van der Waals surface area contributed by atoms with Crippen molar-refractivity contribution in [2.75, 3.05) is 17.7 Å². The number of carbonyl (C=O) groups excluding carboxylic acids is 2. The van der Waals surface area contributed by atoms with Crippen LogP contribution in [-0.2, 0) is 11.3 Å². The first-order chi connectivity index (χ1) is 13.2. The van der Waals surface area contributed by atoms with E-state index in [1.165, 1.54) is 7.11 Å². The van der Waals surface area contributed by atoms with Crippen LogP contribution in [0, 0.1) is 0 Å². The minimum Gasteiger partial charge on any atom is -0.465 e. The lowest BCUT2D eigenvalue weighted by molar-refractivity contribution is 0.0600. The van der Waals surface area contributed by atoms with Gasteiger partial charge in [0.1, 0.15) is 5.69 Å². The first-order valence-corrected chi connectivity index (χ1v) is 8.24. The van der Waals surface area contributed by atoms with Gasteiger partial charge in [0.15, 0.2) is 0 Å². The molecule has 0 radical (unpaired) electrons. The van der Waals surface area contributed by atoms with Crippen molar-refractivity contribution in [1.82, 2.24) is 9.97 Å². The maximum absolute atomic E-state index is 12.3. The molecule has 0 aliphatic heterocycles. The summed E-state index contributed by atoms with van der Waals surface area (Å²) in [5, 5.41) is 5.96. The van der Waals surface area contributed by atoms with E-state index < -0.39 is 5.97 Å². The topological polar surface area (TPSA) is 93.2 Å². The van der Waals surface area contributed by atoms with E-state index in [-0.39, 0.29) is 5.91 Å². The molecule has 7 heteroatoms. The number of anilines is 2. The third-order valence-corrected chi connectivity index (χ3v) is 3.78. The van der Waals surface area contributed by atoms with Crippen LogP contribution in [0.15, 0.2) is 67.1 Å². The number of carbonyl (C=O) groups is 2. The van der Waals surface area contributed by atoms with Crippen molar-refractivity contribution in [2.45, 2.75) is 6.54 Å². The lowest BCUT2D eigenvalue weighted by Crippen LogP contribution is -2.14. The monoisotopic (exact) mass is 362 g/mol. The molecule has 2 heterocycles. The first kappa shape index (κ1) is 18.1. The molecule has 0 bridgehead atoms. The Morgan fingerprint density at radius 3 is 2.41 bits per heavy atom. The van der Waals surface area contributed by atoms with Gasteiger partial charge in [0.25, 0.3) is 5.91 Å². The quantitative estimate of drug-likeness (QED) is 0.655. The Morgan fingerprint density at radius 1 is 1.00 bits per heavy atom. The lowest BCUT2D eigenvalue weighted by Gasteiger charge is -2.08. The zero-order valence-electron chi connectivity index (χ0n) is 14.7. The standard InChI is InChI=1S/C20H18N4O3/c1-27-20(26)15-4-6-16(7-5-15)24-19(25)18-9-8-17(13-23-18)22-12-14-3-2-10-21-11-14/h2-11,13,22H,12H2,1H3,(H,24,25). The van der Waals surface area contributed by atoms with Crippen molar-refractivity contribution in [3.05, 3.63) is 83.9 Å². The van der Waals surface area contributed by atoms with Crippen molar-refractivity contribution in [1.29, 1.82) is 0 Å². The predicted octanol–water partition coefficient (Wildman–Crippen LogP) is 3.13. The number of hydrogen-bond acceptors (Lipinski definition) is 6. The van der Waals surface area contributed by atoms with Gasteiger partial charge in [0.05, 0.1) is 24.6 Å². The Morgan fingerprint density at radius 2 is 1.78 bits per heavy atom. The number of aromatic nitrogens is 2. The second-order valence-electron chi connectivity index (χ2n) is 5.67. The average Bonchev–Trinajstić information content (AvgIpc) is 2.73. The average molecular weight is 362 g/mol. The summed E-state index contributed by atoms with van der Waals surface area (Å²) < 4.78 is 4.64. The summed E-state index contributed by atoms with van der Waals surface area (Å²) in [6, 6.07) is 13.7. The van der Waals surface area contributed by atoms with Crippen LogP contribution in [0.4, 0.5) is 11.4 Å². The number of methoxy groups -OCH3 is 1. The molecule has 3 rings (SSSR count). The first-order valence-electron chi connectivity index (χ1n) is 8.24. The van der Waals surface area contributed by atoms with Crippen molar-refractivity contribution >= 4 is 23.3 Å². The van der Waals surface area contributed by atoms with Crippen molar-refractivity contribution in [3.63, 3.8) is 0 Å². The fourth-order valence-corrected chi connectivity index (χ4v) is 2.34. The molecule has 0 saturated heterocycles. The smallest absolute Gasteiger partial charge is 0.337 e. The predicted molar refractivity (Wildman–Crippen MR) is 102 cm³/mol. The SMILES string of the molecule is COC(=O)c1ccc(NC(=O)c2ccc(NCc3cccnc3)cn2)cc1. The van der Waals surface area contributed by atoms with Gasteiger partial charge in [-0.15, -0.1) is 0 Å².